The van der Waals surface area contributed by atoms with E-state index < -0.39 is 0 Å². The van der Waals surface area contributed by atoms with Crippen molar-refractivity contribution in [3.05, 3.63) is 48.4 Å². The smallest absolute Gasteiger partial charge is 0.0716 e. The Morgan fingerprint density at radius 3 is 2.32 bits per heavy atom. The molecule has 1 aromatic rings. The molecule has 0 saturated heterocycles. The third kappa shape index (κ3) is 9.78. The summed E-state index contributed by atoms with van der Waals surface area (Å²) in [5, 5.41) is 0. The SMILES string of the molecule is C=Cc1ccc(COCCC[CH]CCCCCCCC)cc1. The molecule has 1 rings (SSSR count). The van der Waals surface area contributed by atoms with Crippen LogP contribution < -0.4 is 0 Å². The normalized spacial score (nSPS) is 10.8. The molecule has 1 nitrogen and oxygen atoms in total. The first-order valence-electron chi connectivity index (χ1n) is 8.97. The molecule has 0 N–H and O–H groups in total. The molecule has 22 heavy (non-hydrogen) atoms. The van der Waals surface area contributed by atoms with Gasteiger partial charge in [0.25, 0.3) is 0 Å². The van der Waals surface area contributed by atoms with Crippen LogP contribution in [0.1, 0.15) is 75.8 Å². The lowest BCUT2D eigenvalue weighted by molar-refractivity contribution is 0.118. The van der Waals surface area contributed by atoms with Gasteiger partial charge >= 0.3 is 0 Å². The van der Waals surface area contributed by atoms with Gasteiger partial charge < -0.3 is 4.74 Å². The van der Waals surface area contributed by atoms with Crippen LogP contribution in [0.2, 0.25) is 0 Å². The van der Waals surface area contributed by atoms with Crippen LogP contribution in [-0.2, 0) is 11.3 Å². The van der Waals surface area contributed by atoms with Crippen LogP contribution in [0.4, 0.5) is 0 Å². The van der Waals surface area contributed by atoms with Crippen molar-refractivity contribution in [2.24, 2.45) is 0 Å². The molecule has 0 aromatic heterocycles. The summed E-state index contributed by atoms with van der Waals surface area (Å²) in [6.45, 7) is 7.61. The molecule has 1 heteroatoms. The van der Waals surface area contributed by atoms with Crippen LogP contribution in [0, 0.1) is 6.42 Å². The van der Waals surface area contributed by atoms with Crippen molar-refractivity contribution >= 4 is 6.08 Å². The summed E-state index contributed by atoms with van der Waals surface area (Å²) in [5.74, 6) is 0. The molecule has 0 spiro atoms. The molecule has 0 amide bonds. The minimum absolute atomic E-state index is 0.717. The van der Waals surface area contributed by atoms with Crippen LogP contribution in [-0.4, -0.2) is 6.61 Å². The summed E-state index contributed by atoms with van der Waals surface area (Å²) in [6.07, 6.45) is 16.2. The zero-order valence-electron chi connectivity index (χ0n) is 14.4. The first-order chi connectivity index (χ1) is 10.9. The van der Waals surface area contributed by atoms with Crippen molar-refractivity contribution < 1.29 is 4.74 Å². The van der Waals surface area contributed by atoms with Crippen molar-refractivity contribution in [3.8, 4) is 0 Å². The van der Waals surface area contributed by atoms with E-state index in [0.29, 0.717) is 0 Å². The van der Waals surface area contributed by atoms with Crippen molar-refractivity contribution in [1.29, 1.82) is 0 Å². The van der Waals surface area contributed by atoms with Crippen LogP contribution in [0.25, 0.3) is 6.08 Å². The quantitative estimate of drug-likeness (QED) is 0.353. The fourth-order valence-electron chi connectivity index (χ4n) is 2.48. The molecule has 0 aliphatic carbocycles. The van der Waals surface area contributed by atoms with Crippen LogP contribution in [0.3, 0.4) is 0 Å². The Morgan fingerprint density at radius 1 is 0.909 bits per heavy atom. The number of ether oxygens (including phenoxy) is 1. The fraction of sp³-hybridized carbons (Fsp3) is 0.571. The molecule has 0 atom stereocenters. The zero-order valence-corrected chi connectivity index (χ0v) is 14.4. The predicted molar refractivity (Wildman–Crippen MR) is 97.7 cm³/mol. The van der Waals surface area contributed by atoms with Crippen LogP contribution in [0.15, 0.2) is 30.8 Å². The molecule has 0 bridgehead atoms. The van der Waals surface area contributed by atoms with Gasteiger partial charge in [0.15, 0.2) is 0 Å². The van der Waals surface area contributed by atoms with E-state index in [1.807, 2.05) is 6.08 Å². The zero-order chi connectivity index (χ0) is 15.9. The van der Waals surface area contributed by atoms with Crippen LogP contribution >= 0.6 is 0 Å². The van der Waals surface area contributed by atoms with E-state index in [4.69, 9.17) is 4.74 Å². The third-order valence-electron chi connectivity index (χ3n) is 3.94. The van der Waals surface area contributed by atoms with Crippen molar-refractivity contribution in [1.82, 2.24) is 0 Å². The van der Waals surface area contributed by atoms with Gasteiger partial charge in [-0.25, -0.2) is 0 Å². The molecule has 0 fully saturated rings. The lowest BCUT2D eigenvalue weighted by Gasteiger charge is -2.05. The highest BCUT2D eigenvalue weighted by atomic mass is 16.5. The van der Waals surface area contributed by atoms with E-state index in [9.17, 15) is 0 Å². The summed E-state index contributed by atoms with van der Waals surface area (Å²) in [6, 6.07) is 8.39. The Balaban J connectivity index is 1.86. The molecule has 1 radical (unpaired) electrons. The third-order valence-corrected chi connectivity index (χ3v) is 3.94. The van der Waals surface area contributed by atoms with E-state index in [0.717, 1.165) is 25.2 Å². The summed E-state index contributed by atoms with van der Waals surface area (Å²) in [5.41, 5.74) is 2.40. The summed E-state index contributed by atoms with van der Waals surface area (Å²) in [4.78, 5) is 0. The van der Waals surface area contributed by atoms with Gasteiger partial charge in [0.2, 0.25) is 0 Å². The molecular formula is C21H33O. The Hall–Kier alpha value is -1.08. The first-order valence-corrected chi connectivity index (χ1v) is 8.97. The van der Waals surface area contributed by atoms with E-state index in [2.05, 4.69) is 44.2 Å². The Kier molecular flexibility index (Phi) is 11.7. The first kappa shape index (κ1) is 19.0. The molecule has 0 saturated carbocycles. The molecule has 0 aliphatic rings. The van der Waals surface area contributed by atoms with E-state index >= 15 is 0 Å². The average molecular weight is 301 g/mol. The molecule has 0 aliphatic heterocycles. The minimum atomic E-state index is 0.717. The summed E-state index contributed by atoms with van der Waals surface area (Å²) >= 11 is 0. The molecule has 123 valence electrons. The van der Waals surface area contributed by atoms with Gasteiger partial charge in [0.05, 0.1) is 6.61 Å². The second-order valence-corrected chi connectivity index (χ2v) is 5.99. The average Bonchev–Trinajstić information content (AvgIpc) is 2.56. The van der Waals surface area contributed by atoms with Gasteiger partial charge in [-0.3, -0.25) is 0 Å². The molecule has 0 heterocycles. The predicted octanol–water partition coefficient (Wildman–Crippen LogP) is 6.58. The van der Waals surface area contributed by atoms with E-state index in [1.165, 1.54) is 56.9 Å². The second-order valence-electron chi connectivity index (χ2n) is 5.99. The highest BCUT2D eigenvalue weighted by Gasteiger charge is 1.95. The maximum atomic E-state index is 5.72. The van der Waals surface area contributed by atoms with Gasteiger partial charge in [-0.2, -0.15) is 0 Å². The molecular weight excluding hydrogens is 268 g/mol. The van der Waals surface area contributed by atoms with Gasteiger partial charge in [-0.15, -0.1) is 0 Å². The largest absolute Gasteiger partial charge is 0.377 e. The van der Waals surface area contributed by atoms with Gasteiger partial charge in [0, 0.05) is 6.61 Å². The number of hydrogen-bond donors (Lipinski definition) is 0. The Morgan fingerprint density at radius 2 is 1.59 bits per heavy atom. The fourth-order valence-corrected chi connectivity index (χ4v) is 2.48. The Labute approximate surface area is 137 Å². The van der Waals surface area contributed by atoms with Gasteiger partial charge in [-0.05, 0) is 30.4 Å². The topological polar surface area (TPSA) is 9.23 Å². The highest BCUT2D eigenvalue weighted by molar-refractivity contribution is 5.47. The molecule has 1 aromatic carbocycles. The molecule has 0 unspecified atom stereocenters. The van der Waals surface area contributed by atoms with Gasteiger partial charge in [0.1, 0.15) is 0 Å². The second kappa shape index (κ2) is 13.6. The highest BCUT2D eigenvalue weighted by Crippen LogP contribution is 2.10. The maximum Gasteiger partial charge on any atom is 0.0716 e. The van der Waals surface area contributed by atoms with Gasteiger partial charge in [-0.1, -0.05) is 88.8 Å². The van der Waals surface area contributed by atoms with Crippen molar-refractivity contribution in [2.45, 2.75) is 71.3 Å². The monoisotopic (exact) mass is 301 g/mol. The summed E-state index contributed by atoms with van der Waals surface area (Å²) < 4.78 is 5.72. The van der Waals surface area contributed by atoms with Crippen molar-refractivity contribution in [2.75, 3.05) is 6.61 Å². The number of unbranched alkanes of at least 4 members (excludes halogenated alkanes) is 9. The lowest BCUT2D eigenvalue weighted by atomic mass is 10.1. The van der Waals surface area contributed by atoms with E-state index in [1.54, 1.807) is 0 Å². The van der Waals surface area contributed by atoms with E-state index in [-0.39, 0.29) is 0 Å². The lowest BCUT2D eigenvalue weighted by Crippen LogP contribution is -1.96. The summed E-state index contributed by atoms with van der Waals surface area (Å²) in [7, 11) is 0. The standard InChI is InChI=1S/C21H33O/c1-3-5-6-7-8-9-10-11-12-13-18-22-19-21-16-14-20(4-2)15-17-21/h4,11,14-17H,2-3,5-10,12-13,18-19H2,1H3. The Bertz CT molecular complexity index is 366. The maximum absolute atomic E-state index is 5.72. The van der Waals surface area contributed by atoms with Crippen molar-refractivity contribution in [3.63, 3.8) is 0 Å². The number of rotatable bonds is 14. The number of benzene rings is 1. The van der Waals surface area contributed by atoms with Crippen LogP contribution in [0.5, 0.6) is 0 Å². The number of hydrogen-bond acceptors (Lipinski definition) is 1. The minimum Gasteiger partial charge on any atom is -0.377 e.